The number of rotatable bonds is 5. The summed E-state index contributed by atoms with van der Waals surface area (Å²) in [5, 5.41) is 9.65. The van der Waals surface area contributed by atoms with Crippen molar-refractivity contribution >= 4 is 17.3 Å². The largest absolute Gasteiger partial charge is 0.481 e. The second-order valence-electron chi connectivity index (χ2n) is 3.22. The smallest absolute Gasteiger partial charge is 0.303 e. The summed E-state index contributed by atoms with van der Waals surface area (Å²) in [6, 6.07) is 0. The Morgan fingerprint density at radius 1 is 1.57 bits per heavy atom. The maximum absolute atomic E-state index is 10.3. The van der Waals surface area contributed by atoms with Crippen LogP contribution in [0.25, 0.3) is 0 Å². The number of carbonyl (C=O) groups is 1. The van der Waals surface area contributed by atoms with E-state index in [4.69, 9.17) is 5.11 Å². The van der Waals surface area contributed by atoms with Gasteiger partial charge in [0.25, 0.3) is 0 Å². The van der Waals surface area contributed by atoms with Crippen LogP contribution in [0.2, 0.25) is 0 Å². The third kappa shape index (κ3) is 3.10. The fourth-order valence-electron chi connectivity index (χ4n) is 1.27. The standard InChI is InChI=1S/C10H15NO2S/c1-3-9-11-7(2)8(14-9)5-4-6-10(12)13/h3-6H2,1-2H3,(H,12,13). The van der Waals surface area contributed by atoms with Crippen LogP contribution in [0, 0.1) is 6.92 Å². The number of carboxylic acids is 1. The highest BCUT2D eigenvalue weighted by molar-refractivity contribution is 7.11. The van der Waals surface area contributed by atoms with Gasteiger partial charge in [0.1, 0.15) is 0 Å². The lowest BCUT2D eigenvalue weighted by molar-refractivity contribution is -0.137. The van der Waals surface area contributed by atoms with Gasteiger partial charge in [-0.25, -0.2) is 4.98 Å². The minimum atomic E-state index is -0.720. The van der Waals surface area contributed by atoms with Crippen molar-refractivity contribution in [3.8, 4) is 0 Å². The number of carboxylic acid groups (broad SMARTS) is 1. The van der Waals surface area contributed by atoms with E-state index < -0.39 is 5.97 Å². The average Bonchev–Trinajstić information content (AvgIpc) is 2.47. The summed E-state index contributed by atoms with van der Waals surface area (Å²) in [4.78, 5) is 16.0. The van der Waals surface area contributed by atoms with Crippen molar-refractivity contribution in [1.82, 2.24) is 4.98 Å². The van der Waals surface area contributed by atoms with Gasteiger partial charge in [0.05, 0.1) is 10.7 Å². The molecule has 0 aromatic carbocycles. The molecule has 0 saturated heterocycles. The zero-order chi connectivity index (χ0) is 10.6. The highest BCUT2D eigenvalue weighted by atomic mass is 32.1. The lowest BCUT2D eigenvalue weighted by Crippen LogP contribution is -1.95. The molecule has 1 N–H and O–H groups in total. The second kappa shape index (κ2) is 5.10. The van der Waals surface area contributed by atoms with Crippen LogP contribution in [0.15, 0.2) is 0 Å². The van der Waals surface area contributed by atoms with E-state index in [1.165, 1.54) is 4.88 Å². The monoisotopic (exact) mass is 213 g/mol. The van der Waals surface area contributed by atoms with E-state index in [2.05, 4.69) is 11.9 Å². The van der Waals surface area contributed by atoms with Gasteiger partial charge in [0, 0.05) is 11.3 Å². The van der Waals surface area contributed by atoms with Crippen LogP contribution in [0.3, 0.4) is 0 Å². The number of nitrogens with zero attached hydrogens (tertiary/aromatic N) is 1. The molecule has 0 fully saturated rings. The lowest BCUT2D eigenvalue weighted by atomic mass is 10.2. The van der Waals surface area contributed by atoms with E-state index in [-0.39, 0.29) is 6.42 Å². The van der Waals surface area contributed by atoms with Crippen LogP contribution in [0.4, 0.5) is 0 Å². The molecule has 14 heavy (non-hydrogen) atoms. The predicted molar refractivity (Wildman–Crippen MR) is 56.8 cm³/mol. The maximum atomic E-state index is 10.3. The van der Waals surface area contributed by atoms with Gasteiger partial charge in [0.2, 0.25) is 0 Å². The first-order valence-electron chi connectivity index (χ1n) is 4.80. The molecule has 0 amide bonds. The number of hydrogen-bond donors (Lipinski definition) is 1. The van der Waals surface area contributed by atoms with Crippen molar-refractivity contribution in [2.24, 2.45) is 0 Å². The number of aliphatic carboxylic acids is 1. The van der Waals surface area contributed by atoms with Gasteiger partial charge < -0.3 is 5.11 Å². The molecular formula is C10H15NO2S. The van der Waals surface area contributed by atoms with Crippen LogP contribution in [0.5, 0.6) is 0 Å². The molecule has 1 aromatic rings. The third-order valence-corrected chi connectivity index (χ3v) is 3.40. The molecule has 1 aromatic heterocycles. The quantitative estimate of drug-likeness (QED) is 0.817. The second-order valence-corrected chi connectivity index (χ2v) is 4.39. The molecule has 0 saturated carbocycles. The fraction of sp³-hybridized carbons (Fsp3) is 0.600. The van der Waals surface area contributed by atoms with Crippen molar-refractivity contribution in [3.05, 3.63) is 15.6 Å². The van der Waals surface area contributed by atoms with Crippen molar-refractivity contribution in [3.63, 3.8) is 0 Å². The van der Waals surface area contributed by atoms with E-state index >= 15 is 0 Å². The van der Waals surface area contributed by atoms with Crippen LogP contribution in [-0.2, 0) is 17.6 Å². The Morgan fingerprint density at radius 3 is 2.79 bits per heavy atom. The Morgan fingerprint density at radius 2 is 2.29 bits per heavy atom. The Labute approximate surface area is 87.8 Å². The molecule has 1 heterocycles. The van der Waals surface area contributed by atoms with Crippen molar-refractivity contribution in [1.29, 1.82) is 0 Å². The molecule has 0 spiro atoms. The molecule has 78 valence electrons. The van der Waals surface area contributed by atoms with E-state index in [0.29, 0.717) is 6.42 Å². The first-order valence-corrected chi connectivity index (χ1v) is 5.62. The van der Waals surface area contributed by atoms with E-state index in [1.54, 1.807) is 11.3 Å². The SMILES string of the molecule is CCc1nc(C)c(CCCC(=O)O)s1. The third-order valence-electron chi connectivity index (χ3n) is 2.03. The average molecular weight is 213 g/mol. The summed E-state index contributed by atoms with van der Waals surface area (Å²) in [7, 11) is 0. The Bertz CT molecular complexity index is 320. The van der Waals surface area contributed by atoms with Crippen LogP contribution in [-0.4, -0.2) is 16.1 Å². The molecule has 0 unspecified atom stereocenters. The summed E-state index contributed by atoms with van der Waals surface area (Å²) in [6.45, 7) is 4.07. The number of thiazole rings is 1. The minimum Gasteiger partial charge on any atom is -0.481 e. The number of aryl methyl sites for hydroxylation is 3. The topological polar surface area (TPSA) is 50.2 Å². The van der Waals surface area contributed by atoms with Gasteiger partial charge in [0.15, 0.2) is 0 Å². The van der Waals surface area contributed by atoms with Gasteiger partial charge in [-0.15, -0.1) is 11.3 Å². The minimum absolute atomic E-state index is 0.249. The highest BCUT2D eigenvalue weighted by Crippen LogP contribution is 2.20. The van der Waals surface area contributed by atoms with E-state index in [1.807, 2.05) is 6.92 Å². The van der Waals surface area contributed by atoms with Crippen molar-refractivity contribution in [2.45, 2.75) is 39.5 Å². The van der Waals surface area contributed by atoms with Crippen LogP contribution >= 0.6 is 11.3 Å². The van der Waals surface area contributed by atoms with E-state index in [9.17, 15) is 4.79 Å². The summed E-state index contributed by atoms with van der Waals surface area (Å²) >= 11 is 1.71. The van der Waals surface area contributed by atoms with Gasteiger partial charge in [-0.05, 0) is 26.2 Å². The zero-order valence-electron chi connectivity index (χ0n) is 8.54. The summed E-state index contributed by atoms with van der Waals surface area (Å²) in [5.74, 6) is -0.720. The lowest BCUT2D eigenvalue weighted by Gasteiger charge is -1.95. The summed E-state index contributed by atoms with van der Waals surface area (Å²) < 4.78 is 0. The molecule has 0 atom stereocenters. The van der Waals surface area contributed by atoms with Crippen molar-refractivity contribution in [2.75, 3.05) is 0 Å². The van der Waals surface area contributed by atoms with Gasteiger partial charge in [-0.3, -0.25) is 4.79 Å². The molecular weight excluding hydrogens is 198 g/mol. The highest BCUT2D eigenvalue weighted by Gasteiger charge is 2.06. The van der Waals surface area contributed by atoms with Gasteiger partial charge in [-0.2, -0.15) is 0 Å². The first kappa shape index (κ1) is 11.2. The summed E-state index contributed by atoms with van der Waals surface area (Å²) in [6.07, 6.45) is 2.76. The molecule has 1 rings (SSSR count). The molecule has 0 aliphatic heterocycles. The first-order chi connectivity index (χ1) is 6.63. The van der Waals surface area contributed by atoms with Crippen molar-refractivity contribution < 1.29 is 9.90 Å². The summed E-state index contributed by atoms with van der Waals surface area (Å²) in [5.41, 5.74) is 1.07. The van der Waals surface area contributed by atoms with Gasteiger partial charge >= 0.3 is 5.97 Å². The zero-order valence-corrected chi connectivity index (χ0v) is 9.36. The number of hydrogen-bond acceptors (Lipinski definition) is 3. The maximum Gasteiger partial charge on any atom is 0.303 e. The van der Waals surface area contributed by atoms with Crippen LogP contribution in [0.1, 0.15) is 35.3 Å². The Balaban J connectivity index is 2.49. The normalized spacial score (nSPS) is 10.4. The Hall–Kier alpha value is -0.900. The molecule has 4 heteroatoms. The molecule has 0 aliphatic carbocycles. The molecule has 0 radical (unpaired) electrons. The molecule has 0 bridgehead atoms. The number of aromatic nitrogens is 1. The predicted octanol–water partition coefficient (Wildman–Crippen LogP) is 2.42. The Kier molecular flexibility index (Phi) is 4.07. The molecule has 3 nitrogen and oxygen atoms in total. The van der Waals surface area contributed by atoms with Crippen LogP contribution < -0.4 is 0 Å². The molecule has 0 aliphatic rings. The van der Waals surface area contributed by atoms with E-state index in [0.717, 1.165) is 23.5 Å². The van der Waals surface area contributed by atoms with Gasteiger partial charge in [-0.1, -0.05) is 6.92 Å². The fourth-order valence-corrected chi connectivity index (χ4v) is 2.32.